The van der Waals surface area contributed by atoms with Crippen molar-refractivity contribution in [1.82, 2.24) is 9.21 Å². The second-order valence-electron chi connectivity index (χ2n) is 7.44. The smallest absolute Gasteiger partial charge is 0.211 e. The fourth-order valence-electron chi connectivity index (χ4n) is 4.13. The highest BCUT2D eigenvalue weighted by Gasteiger charge is 2.32. The van der Waals surface area contributed by atoms with E-state index in [9.17, 15) is 8.42 Å². The van der Waals surface area contributed by atoms with Crippen molar-refractivity contribution in [3.05, 3.63) is 34.9 Å². The first-order valence-corrected chi connectivity index (χ1v) is 10.4. The molecule has 5 heteroatoms. The highest BCUT2D eigenvalue weighted by Crippen LogP contribution is 2.30. The molecule has 0 radical (unpaired) electrons. The standard InChI is InChI=1S/C18H28N2O2S/c1-14-8-15(2)10-18(9-14)17-5-6-19(13-17)11-16-4-7-20(12-16)23(3,21)22/h8-10,16-17H,4-7,11-13H2,1-3H3/t16-,17+/m1/s1. The van der Waals surface area contributed by atoms with Crippen LogP contribution in [0.1, 0.15) is 35.4 Å². The number of likely N-dealkylation sites (tertiary alicyclic amines) is 1. The van der Waals surface area contributed by atoms with Gasteiger partial charge in [-0.25, -0.2) is 12.7 Å². The van der Waals surface area contributed by atoms with Crippen LogP contribution in [0.5, 0.6) is 0 Å². The van der Waals surface area contributed by atoms with Crippen molar-refractivity contribution < 1.29 is 8.42 Å². The van der Waals surface area contributed by atoms with Crippen LogP contribution >= 0.6 is 0 Å². The Morgan fingerprint density at radius 1 is 1.04 bits per heavy atom. The van der Waals surface area contributed by atoms with Gasteiger partial charge in [0.1, 0.15) is 0 Å². The molecule has 2 heterocycles. The number of aryl methyl sites for hydroxylation is 2. The summed E-state index contributed by atoms with van der Waals surface area (Å²) in [6.07, 6.45) is 3.53. The summed E-state index contributed by atoms with van der Waals surface area (Å²) in [5.74, 6) is 1.11. The third kappa shape index (κ3) is 4.14. The summed E-state index contributed by atoms with van der Waals surface area (Å²) in [6, 6.07) is 6.87. The summed E-state index contributed by atoms with van der Waals surface area (Å²) >= 11 is 0. The van der Waals surface area contributed by atoms with Gasteiger partial charge in [-0.2, -0.15) is 0 Å². The zero-order chi connectivity index (χ0) is 16.6. The highest BCUT2D eigenvalue weighted by molar-refractivity contribution is 7.88. The van der Waals surface area contributed by atoms with Crippen molar-refractivity contribution >= 4 is 10.0 Å². The second-order valence-corrected chi connectivity index (χ2v) is 9.42. The number of benzene rings is 1. The van der Waals surface area contributed by atoms with E-state index in [-0.39, 0.29) is 0 Å². The largest absolute Gasteiger partial charge is 0.302 e. The molecule has 2 aliphatic rings. The van der Waals surface area contributed by atoms with Crippen molar-refractivity contribution in [2.45, 2.75) is 32.6 Å². The van der Waals surface area contributed by atoms with Crippen LogP contribution in [-0.4, -0.2) is 56.6 Å². The maximum Gasteiger partial charge on any atom is 0.211 e. The molecule has 1 aromatic carbocycles. The van der Waals surface area contributed by atoms with Crippen LogP contribution in [0, 0.1) is 19.8 Å². The Bertz CT molecular complexity index is 651. The molecule has 2 fully saturated rings. The van der Waals surface area contributed by atoms with E-state index in [4.69, 9.17) is 0 Å². The molecular weight excluding hydrogens is 308 g/mol. The Balaban J connectivity index is 1.56. The van der Waals surface area contributed by atoms with Gasteiger partial charge in [-0.15, -0.1) is 0 Å². The minimum Gasteiger partial charge on any atom is -0.302 e. The van der Waals surface area contributed by atoms with E-state index in [0.717, 1.165) is 26.1 Å². The molecule has 2 saturated heterocycles. The van der Waals surface area contributed by atoms with Crippen LogP contribution in [0.15, 0.2) is 18.2 Å². The van der Waals surface area contributed by atoms with Crippen LogP contribution in [0.2, 0.25) is 0 Å². The molecule has 0 N–H and O–H groups in total. The molecule has 0 saturated carbocycles. The zero-order valence-corrected chi connectivity index (χ0v) is 15.3. The van der Waals surface area contributed by atoms with Crippen LogP contribution in [0.3, 0.4) is 0 Å². The third-order valence-corrected chi connectivity index (χ3v) is 6.49. The van der Waals surface area contributed by atoms with Crippen LogP contribution in [0.4, 0.5) is 0 Å². The van der Waals surface area contributed by atoms with E-state index in [0.29, 0.717) is 24.9 Å². The molecule has 23 heavy (non-hydrogen) atoms. The number of hydrogen-bond acceptors (Lipinski definition) is 3. The minimum absolute atomic E-state index is 0.489. The predicted molar refractivity (Wildman–Crippen MR) is 94.2 cm³/mol. The van der Waals surface area contributed by atoms with Gasteiger partial charge in [-0.1, -0.05) is 29.3 Å². The van der Waals surface area contributed by atoms with Gasteiger partial charge in [-0.3, -0.25) is 0 Å². The Kier molecular flexibility index (Phi) is 4.81. The maximum absolute atomic E-state index is 11.6. The van der Waals surface area contributed by atoms with Crippen molar-refractivity contribution in [1.29, 1.82) is 0 Å². The molecule has 2 aliphatic heterocycles. The SMILES string of the molecule is Cc1cc(C)cc([C@H]2CCN(C[C@H]3CCN(S(C)(=O)=O)C3)C2)c1. The minimum atomic E-state index is -3.02. The normalized spacial score (nSPS) is 26.9. The molecular formula is C18H28N2O2S. The Hall–Kier alpha value is -0.910. The predicted octanol–water partition coefficient (Wildman–Crippen LogP) is 2.37. The van der Waals surface area contributed by atoms with Gasteiger partial charge in [0.05, 0.1) is 6.26 Å². The van der Waals surface area contributed by atoms with E-state index < -0.39 is 10.0 Å². The number of rotatable bonds is 4. The Morgan fingerprint density at radius 3 is 2.35 bits per heavy atom. The summed E-state index contributed by atoms with van der Waals surface area (Å²) in [7, 11) is -3.02. The van der Waals surface area contributed by atoms with Crippen molar-refractivity contribution in [3.8, 4) is 0 Å². The number of hydrogen-bond donors (Lipinski definition) is 0. The first-order chi connectivity index (χ1) is 10.8. The summed E-state index contributed by atoms with van der Waals surface area (Å²) < 4.78 is 24.9. The first kappa shape index (κ1) is 16.9. The molecule has 1 aromatic rings. The van der Waals surface area contributed by atoms with Crippen LogP contribution in [0.25, 0.3) is 0 Å². The molecule has 0 amide bonds. The third-order valence-electron chi connectivity index (χ3n) is 5.22. The maximum atomic E-state index is 11.6. The molecule has 0 aromatic heterocycles. The monoisotopic (exact) mass is 336 g/mol. The van der Waals surface area contributed by atoms with E-state index in [1.807, 2.05) is 0 Å². The Labute approximate surface area is 140 Å². The van der Waals surface area contributed by atoms with Crippen molar-refractivity contribution in [2.24, 2.45) is 5.92 Å². The van der Waals surface area contributed by atoms with E-state index in [1.54, 1.807) is 4.31 Å². The molecule has 0 unspecified atom stereocenters. The topological polar surface area (TPSA) is 40.6 Å². The fraction of sp³-hybridized carbons (Fsp3) is 0.667. The van der Waals surface area contributed by atoms with Gasteiger partial charge in [-0.05, 0) is 50.6 Å². The van der Waals surface area contributed by atoms with Crippen LogP contribution in [-0.2, 0) is 10.0 Å². The van der Waals surface area contributed by atoms with E-state index in [1.165, 1.54) is 29.4 Å². The summed E-state index contributed by atoms with van der Waals surface area (Å²) in [6.45, 7) is 9.00. The zero-order valence-electron chi connectivity index (χ0n) is 14.5. The molecule has 2 atom stereocenters. The lowest BCUT2D eigenvalue weighted by Gasteiger charge is -2.21. The number of sulfonamides is 1. The average Bonchev–Trinajstić information content (AvgIpc) is 3.06. The highest BCUT2D eigenvalue weighted by atomic mass is 32.2. The summed E-state index contributed by atoms with van der Waals surface area (Å²) in [4.78, 5) is 2.53. The van der Waals surface area contributed by atoms with Gasteiger partial charge in [0.15, 0.2) is 0 Å². The van der Waals surface area contributed by atoms with Crippen molar-refractivity contribution in [2.75, 3.05) is 39.0 Å². The van der Waals surface area contributed by atoms with Crippen molar-refractivity contribution in [3.63, 3.8) is 0 Å². The number of nitrogens with zero attached hydrogens (tertiary/aromatic N) is 2. The molecule has 0 aliphatic carbocycles. The lowest BCUT2D eigenvalue weighted by Crippen LogP contribution is -2.31. The average molecular weight is 337 g/mol. The van der Waals surface area contributed by atoms with E-state index >= 15 is 0 Å². The molecule has 128 valence electrons. The second kappa shape index (κ2) is 6.54. The summed E-state index contributed by atoms with van der Waals surface area (Å²) in [5, 5.41) is 0. The van der Waals surface area contributed by atoms with Gasteiger partial charge < -0.3 is 4.90 Å². The molecule has 3 rings (SSSR count). The molecule has 4 nitrogen and oxygen atoms in total. The summed E-state index contributed by atoms with van der Waals surface area (Å²) in [5.41, 5.74) is 4.16. The van der Waals surface area contributed by atoms with Gasteiger partial charge in [0, 0.05) is 26.2 Å². The van der Waals surface area contributed by atoms with Gasteiger partial charge in [0.2, 0.25) is 10.0 Å². The lowest BCUT2D eigenvalue weighted by molar-refractivity contribution is 0.279. The van der Waals surface area contributed by atoms with E-state index in [2.05, 4.69) is 36.9 Å². The lowest BCUT2D eigenvalue weighted by atomic mass is 9.95. The Morgan fingerprint density at radius 2 is 1.74 bits per heavy atom. The fourth-order valence-corrected chi connectivity index (χ4v) is 5.05. The first-order valence-electron chi connectivity index (χ1n) is 8.57. The van der Waals surface area contributed by atoms with Gasteiger partial charge >= 0.3 is 0 Å². The van der Waals surface area contributed by atoms with Crippen LogP contribution < -0.4 is 0 Å². The molecule has 0 bridgehead atoms. The quantitative estimate of drug-likeness (QED) is 0.847. The molecule has 0 spiro atoms. The van der Waals surface area contributed by atoms with Gasteiger partial charge in [0.25, 0.3) is 0 Å².